The van der Waals surface area contributed by atoms with Crippen molar-refractivity contribution in [2.45, 2.75) is 39.5 Å². The summed E-state index contributed by atoms with van der Waals surface area (Å²) < 4.78 is 13.6. The second-order valence-corrected chi connectivity index (χ2v) is 4.04. The molecule has 1 atom stereocenters. The third kappa shape index (κ3) is 3.50. The monoisotopic (exact) mass is 206 g/mol. The second kappa shape index (κ2) is 5.69. The van der Waals surface area contributed by atoms with Gasteiger partial charge in [-0.1, -0.05) is 38.1 Å². The molecule has 0 N–H and O–H groups in total. The molecular formula is C14H19F. The Kier molecular flexibility index (Phi) is 4.54. The molecule has 0 heterocycles. The normalized spacial score (nSPS) is 13.3. The van der Waals surface area contributed by atoms with E-state index in [0.717, 1.165) is 24.0 Å². The van der Waals surface area contributed by atoms with Crippen LogP contribution in [-0.2, 0) is 0 Å². The summed E-state index contributed by atoms with van der Waals surface area (Å²) in [6, 6.07) is 5.48. The van der Waals surface area contributed by atoms with E-state index in [4.69, 9.17) is 0 Å². The quantitative estimate of drug-likeness (QED) is 0.632. The number of halogens is 1. The number of benzene rings is 1. The van der Waals surface area contributed by atoms with E-state index in [2.05, 4.69) is 26.0 Å². The molecule has 1 aromatic rings. The number of allylic oxidation sites excluding steroid dienone is 2. The van der Waals surface area contributed by atoms with Gasteiger partial charge in [0.05, 0.1) is 0 Å². The summed E-state index contributed by atoms with van der Waals surface area (Å²) in [6.45, 7) is 6.08. The topological polar surface area (TPSA) is 0 Å². The fraction of sp³-hybridized carbons (Fsp3) is 0.429. The minimum atomic E-state index is -0.0765. The van der Waals surface area contributed by atoms with Crippen molar-refractivity contribution in [3.05, 3.63) is 47.3 Å². The fourth-order valence-corrected chi connectivity index (χ4v) is 1.63. The Labute approximate surface area is 91.8 Å². The Morgan fingerprint density at radius 1 is 1.33 bits per heavy atom. The Bertz CT molecular complexity index is 339. The summed E-state index contributed by atoms with van der Waals surface area (Å²) in [5.74, 6) is 0.181. The molecule has 1 aromatic carbocycles. The van der Waals surface area contributed by atoms with E-state index in [0.29, 0.717) is 0 Å². The van der Waals surface area contributed by atoms with Crippen LogP contribution in [0.4, 0.5) is 4.39 Å². The number of aryl methyl sites for hydroxylation is 1. The van der Waals surface area contributed by atoms with Gasteiger partial charge in [-0.25, -0.2) is 4.39 Å². The lowest BCUT2D eigenvalue weighted by molar-refractivity contribution is 0.589. The highest BCUT2D eigenvalue weighted by molar-refractivity contribution is 5.26. The van der Waals surface area contributed by atoms with Crippen LogP contribution in [0.5, 0.6) is 0 Å². The third-order valence-electron chi connectivity index (χ3n) is 2.58. The lowest BCUT2D eigenvalue weighted by atomic mass is 9.96. The van der Waals surface area contributed by atoms with Gasteiger partial charge in [-0.2, -0.15) is 0 Å². The molecule has 0 saturated carbocycles. The number of rotatable bonds is 4. The zero-order chi connectivity index (χ0) is 11.3. The van der Waals surface area contributed by atoms with Crippen molar-refractivity contribution in [2.24, 2.45) is 0 Å². The molecule has 0 aromatic heterocycles. The minimum absolute atomic E-state index is 0.0765. The predicted octanol–water partition coefficient (Wildman–Crippen LogP) is 4.59. The summed E-state index contributed by atoms with van der Waals surface area (Å²) in [4.78, 5) is 0. The van der Waals surface area contributed by atoms with E-state index < -0.39 is 0 Å². The van der Waals surface area contributed by atoms with Gasteiger partial charge in [-0.3, -0.25) is 0 Å². The van der Waals surface area contributed by atoms with Gasteiger partial charge < -0.3 is 0 Å². The van der Waals surface area contributed by atoms with Gasteiger partial charge in [0.25, 0.3) is 0 Å². The van der Waals surface area contributed by atoms with Crippen LogP contribution in [0.15, 0.2) is 30.4 Å². The Hall–Kier alpha value is -1.11. The van der Waals surface area contributed by atoms with Gasteiger partial charge in [0.15, 0.2) is 0 Å². The Morgan fingerprint density at radius 3 is 2.67 bits per heavy atom. The summed E-state index contributed by atoms with van der Waals surface area (Å²) in [5, 5.41) is 0. The molecule has 1 heteroatoms. The molecule has 0 aliphatic carbocycles. The largest absolute Gasteiger partial charge is 0.207 e. The highest BCUT2D eigenvalue weighted by Gasteiger charge is 2.08. The van der Waals surface area contributed by atoms with Crippen LogP contribution in [-0.4, -0.2) is 0 Å². The molecule has 0 fully saturated rings. The van der Waals surface area contributed by atoms with Crippen molar-refractivity contribution in [2.75, 3.05) is 0 Å². The maximum Gasteiger partial charge on any atom is 0.126 e. The highest BCUT2D eigenvalue weighted by Crippen LogP contribution is 2.23. The third-order valence-corrected chi connectivity index (χ3v) is 2.58. The first-order valence-electron chi connectivity index (χ1n) is 5.56. The van der Waals surface area contributed by atoms with E-state index in [-0.39, 0.29) is 11.7 Å². The Balaban J connectivity index is 2.73. The van der Waals surface area contributed by atoms with Crippen molar-refractivity contribution in [1.82, 2.24) is 0 Å². The number of hydrogen-bond acceptors (Lipinski definition) is 0. The molecule has 82 valence electrons. The van der Waals surface area contributed by atoms with Crippen molar-refractivity contribution in [1.29, 1.82) is 0 Å². The first kappa shape index (κ1) is 12.0. The van der Waals surface area contributed by atoms with E-state index in [9.17, 15) is 4.39 Å². The smallest absolute Gasteiger partial charge is 0.126 e. The van der Waals surface area contributed by atoms with Crippen LogP contribution in [0, 0.1) is 12.7 Å². The van der Waals surface area contributed by atoms with Crippen LogP contribution >= 0.6 is 0 Å². The minimum Gasteiger partial charge on any atom is -0.207 e. The average molecular weight is 206 g/mol. The van der Waals surface area contributed by atoms with Gasteiger partial charge in [0.1, 0.15) is 5.82 Å². The lowest BCUT2D eigenvalue weighted by Crippen LogP contribution is -1.96. The zero-order valence-electron chi connectivity index (χ0n) is 9.76. The van der Waals surface area contributed by atoms with E-state index in [1.54, 1.807) is 6.07 Å². The highest BCUT2D eigenvalue weighted by atomic mass is 19.1. The van der Waals surface area contributed by atoms with Gasteiger partial charge >= 0.3 is 0 Å². The zero-order valence-corrected chi connectivity index (χ0v) is 9.76. The molecule has 15 heavy (non-hydrogen) atoms. The summed E-state index contributed by atoms with van der Waals surface area (Å²) in [6.07, 6.45) is 6.21. The summed E-state index contributed by atoms with van der Waals surface area (Å²) >= 11 is 0. The standard InChI is InChI=1S/C14H19F/c1-4-5-6-7-12(3)13-9-8-11(2)10-14(13)15/h5-6,8-10,12H,4,7H2,1-3H3/b6-5-. The van der Waals surface area contributed by atoms with Crippen molar-refractivity contribution >= 4 is 0 Å². The first-order valence-corrected chi connectivity index (χ1v) is 5.56. The van der Waals surface area contributed by atoms with Gasteiger partial charge in [0.2, 0.25) is 0 Å². The summed E-state index contributed by atoms with van der Waals surface area (Å²) in [7, 11) is 0. The van der Waals surface area contributed by atoms with E-state index in [1.165, 1.54) is 0 Å². The van der Waals surface area contributed by atoms with Gasteiger partial charge in [0, 0.05) is 0 Å². The van der Waals surface area contributed by atoms with Crippen molar-refractivity contribution < 1.29 is 4.39 Å². The van der Waals surface area contributed by atoms with Crippen LogP contribution in [0.25, 0.3) is 0 Å². The second-order valence-electron chi connectivity index (χ2n) is 4.04. The van der Waals surface area contributed by atoms with Crippen LogP contribution in [0.2, 0.25) is 0 Å². The van der Waals surface area contributed by atoms with E-state index in [1.807, 2.05) is 19.1 Å². The molecule has 0 radical (unpaired) electrons. The van der Waals surface area contributed by atoms with Gasteiger partial charge in [-0.05, 0) is 42.9 Å². The molecule has 0 amide bonds. The maximum atomic E-state index is 13.6. The first-order chi connectivity index (χ1) is 7.15. The molecular weight excluding hydrogens is 187 g/mol. The van der Waals surface area contributed by atoms with Crippen LogP contribution < -0.4 is 0 Å². The molecule has 0 spiro atoms. The van der Waals surface area contributed by atoms with Crippen molar-refractivity contribution in [3.63, 3.8) is 0 Å². The van der Waals surface area contributed by atoms with Crippen LogP contribution in [0.1, 0.15) is 43.7 Å². The molecule has 0 aliphatic rings. The fourth-order valence-electron chi connectivity index (χ4n) is 1.63. The lowest BCUT2D eigenvalue weighted by Gasteiger charge is -2.10. The van der Waals surface area contributed by atoms with E-state index >= 15 is 0 Å². The molecule has 0 bridgehead atoms. The van der Waals surface area contributed by atoms with Crippen molar-refractivity contribution in [3.8, 4) is 0 Å². The molecule has 0 saturated heterocycles. The SMILES string of the molecule is CC/C=C\CC(C)c1ccc(C)cc1F. The predicted molar refractivity (Wildman–Crippen MR) is 63.6 cm³/mol. The molecule has 0 nitrogen and oxygen atoms in total. The molecule has 1 unspecified atom stereocenters. The maximum absolute atomic E-state index is 13.6. The Morgan fingerprint density at radius 2 is 2.07 bits per heavy atom. The molecule has 1 rings (SSSR count). The van der Waals surface area contributed by atoms with Gasteiger partial charge in [-0.15, -0.1) is 0 Å². The van der Waals surface area contributed by atoms with Crippen LogP contribution in [0.3, 0.4) is 0 Å². The average Bonchev–Trinajstić information content (AvgIpc) is 2.17. The molecule has 0 aliphatic heterocycles. The summed E-state index contributed by atoms with van der Waals surface area (Å²) in [5.41, 5.74) is 1.80. The number of hydrogen-bond donors (Lipinski definition) is 0.